The number of aromatic amines is 1. The molecule has 0 spiro atoms. The van der Waals surface area contributed by atoms with Gasteiger partial charge in [0.2, 0.25) is 5.91 Å². The summed E-state index contributed by atoms with van der Waals surface area (Å²) in [7, 11) is 0. The van der Waals surface area contributed by atoms with Crippen LogP contribution in [-0.2, 0) is 11.2 Å². The van der Waals surface area contributed by atoms with E-state index in [-0.39, 0.29) is 11.8 Å². The summed E-state index contributed by atoms with van der Waals surface area (Å²) >= 11 is 1.59. The highest BCUT2D eigenvalue weighted by atomic mass is 32.1. The minimum atomic E-state index is 0.131. The van der Waals surface area contributed by atoms with Crippen LogP contribution in [0.25, 0.3) is 10.6 Å². The Morgan fingerprint density at radius 3 is 2.92 bits per heavy atom. The lowest BCUT2D eigenvalue weighted by Gasteiger charge is -2.31. The Balaban J connectivity index is 1.41. The van der Waals surface area contributed by atoms with Gasteiger partial charge in [-0.2, -0.15) is 5.10 Å². The zero-order valence-electron chi connectivity index (χ0n) is 14.7. The molecule has 0 bridgehead atoms. The van der Waals surface area contributed by atoms with Gasteiger partial charge in [0.15, 0.2) is 5.82 Å². The summed E-state index contributed by atoms with van der Waals surface area (Å²) in [5.41, 5.74) is 1.93. The van der Waals surface area contributed by atoms with E-state index in [9.17, 15) is 4.79 Å². The largest absolute Gasteiger partial charge is 0.342 e. The summed E-state index contributed by atoms with van der Waals surface area (Å²) in [6.07, 6.45) is 2.36. The summed E-state index contributed by atoms with van der Waals surface area (Å²) in [4.78, 5) is 23.7. The van der Waals surface area contributed by atoms with Gasteiger partial charge in [-0.1, -0.05) is 30.3 Å². The summed E-state index contributed by atoms with van der Waals surface area (Å²) < 4.78 is 0. The Hall–Kier alpha value is -2.54. The molecule has 134 valence electrons. The number of carbonyl (C=O) groups is 1. The van der Waals surface area contributed by atoms with Crippen LogP contribution < -0.4 is 0 Å². The fourth-order valence-corrected chi connectivity index (χ4v) is 4.15. The summed E-state index contributed by atoms with van der Waals surface area (Å²) in [5.74, 6) is 1.99. The molecule has 7 heteroatoms. The van der Waals surface area contributed by atoms with Gasteiger partial charge >= 0.3 is 0 Å². The molecule has 4 rings (SSSR count). The number of piperidine rings is 1. The van der Waals surface area contributed by atoms with Gasteiger partial charge in [0.1, 0.15) is 10.8 Å². The molecule has 1 fully saturated rings. The Morgan fingerprint density at radius 1 is 1.31 bits per heavy atom. The van der Waals surface area contributed by atoms with Crippen molar-refractivity contribution >= 4 is 17.2 Å². The molecule has 2 aromatic heterocycles. The number of nitrogens with one attached hydrogen (secondary N) is 1. The fraction of sp³-hybridized carbons (Fsp3) is 0.368. The van der Waals surface area contributed by atoms with Gasteiger partial charge in [0.05, 0.1) is 12.1 Å². The Morgan fingerprint density at radius 2 is 2.15 bits per heavy atom. The number of aryl methyl sites for hydroxylation is 1. The molecule has 1 aliphatic heterocycles. The first-order chi connectivity index (χ1) is 12.7. The highest BCUT2D eigenvalue weighted by molar-refractivity contribution is 7.13. The molecule has 1 unspecified atom stereocenters. The average molecular weight is 367 g/mol. The lowest BCUT2D eigenvalue weighted by molar-refractivity contribution is -0.131. The van der Waals surface area contributed by atoms with Crippen LogP contribution in [0.3, 0.4) is 0 Å². The van der Waals surface area contributed by atoms with Crippen molar-refractivity contribution in [3.05, 3.63) is 53.1 Å². The molecule has 6 nitrogen and oxygen atoms in total. The number of hydrogen-bond acceptors (Lipinski definition) is 5. The number of thiazole rings is 1. The number of H-pyrrole nitrogens is 1. The predicted octanol–water partition coefficient (Wildman–Crippen LogP) is 3.19. The molecule has 1 atom stereocenters. The number of nitrogens with zero attached hydrogens (tertiary/aromatic N) is 4. The number of hydrogen-bond donors (Lipinski definition) is 1. The molecule has 1 N–H and O–H groups in total. The zero-order valence-corrected chi connectivity index (χ0v) is 15.5. The van der Waals surface area contributed by atoms with E-state index in [0.29, 0.717) is 13.0 Å². The molecular formula is C19H21N5OS. The Kier molecular flexibility index (Phi) is 4.79. The lowest BCUT2D eigenvalue weighted by Crippen LogP contribution is -2.40. The van der Waals surface area contributed by atoms with Gasteiger partial charge in [-0.15, -0.1) is 11.3 Å². The SMILES string of the molecule is Cc1nc(C2CCCN(C(=O)Cc3csc(-c4ccccc4)n3)C2)n[nH]1. The topological polar surface area (TPSA) is 74.8 Å². The van der Waals surface area contributed by atoms with Crippen molar-refractivity contribution in [1.29, 1.82) is 0 Å². The van der Waals surface area contributed by atoms with Gasteiger partial charge in [-0.3, -0.25) is 9.89 Å². The predicted molar refractivity (Wildman–Crippen MR) is 101 cm³/mol. The monoisotopic (exact) mass is 367 g/mol. The lowest BCUT2D eigenvalue weighted by atomic mass is 9.97. The van der Waals surface area contributed by atoms with Crippen LogP contribution >= 0.6 is 11.3 Å². The van der Waals surface area contributed by atoms with Crippen LogP contribution in [0.2, 0.25) is 0 Å². The molecule has 1 aromatic carbocycles. The molecule has 0 radical (unpaired) electrons. The second-order valence-corrected chi connectivity index (χ2v) is 7.50. The second kappa shape index (κ2) is 7.37. The minimum Gasteiger partial charge on any atom is -0.342 e. The van der Waals surface area contributed by atoms with Crippen LogP contribution in [-0.4, -0.2) is 44.1 Å². The minimum absolute atomic E-state index is 0.131. The van der Waals surface area contributed by atoms with Gasteiger partial charge in [0.25, 0.3) is 0 Å². The molecule has 26 heavy (non-hydrogen) atoms. The molecule has 3 heterocycles. The van der Waals surface area contributed by atoms with Gasteiger partial charge in [-0.25, -0.2) is 9.97 Å². The van der Waals surface area contributed by atoms with Crippen LogP contribution in [0.4, 0.5) is 0 Å². The number of amides is 1. The molecule has 1 saturated heterocycles. The second-order valence-electron chi connectivity index (χ2n) is 6.64. The first-order valence-electron chi connectivity index (χ1n) is 8.85. The van der Waals surface area contributed by atoms with Crippen molar-refractivity contribution in [2.75, 3.05) is 13.1 Å². The number of aromatic nitrogens is 4. The number of likely N-dealkylation sites (tertiary alicyclic amines) is 1. The van der Waals surface area contributed by atoms with Gasteiger partial charge in [0, 0.05) is 30.0 Å². The van der Waals surface area contributed by atoms with Gasteiger partial charge < -0.3 is 4.90 Å². The highest BCUT2D eigenvalue weighted by Gasteiger charge is 2.27. The molecule has 0 aliphatic carbocycles. The maximum Gasteiger partial charge on any atom is 0.228 e. The molecule has 3 aromatic rings. The number of rotatable bonds is 4. The van der Waals surface area contributed by atoms with Crippen LogP contribution in [0.1, 0.15) is 36.1 Å². The number of benzene rings is 1. The van der Waals surface area contributed by atoms with Crippen molar-refractivity contribution < 1.29 is 4.79 Å². The third kappa shape index (κ3) is 3.67. The van der Waals surface area contributed by atoms with E-state index < -0.39 is 0 Å². The molecule has 0 saturated carbocycles. The third-order valence-electron chi connectivity index (χ3n) is 4.66. The van der Waals surface area contributed by atoms with Crippen LogP contribution in [0.5, 0.6) is 0 Å². The van der Waals surface area contributed by atoms with E-state index in [0.717, 1.165) is 47.3 Å². The average Bonchev–Trinajstić information content (AvgIpc) is 3.32. The van der Waals surface area contributed by atoms with E-state index in [1.54, 1.807) is 11.3 Å². The quantitative estimate of drug-likeness (QED) is 0.768. The van der Waals surface area contributed by atoms with Crippen LogP contribution in [0, 0.1) is 6.92 Å². The first kappa shape index (κ1) is 16.9. The van der Waals surface area contributed by atoms with E-state index in [4.69, 9.17) is 0 Å². The molecular weight excluding hydrogens is 346 g/mol. The zero-order chi connectivity index (χ0) is 17.9. The van der Waals surface area contributed by atoms with E-state index in [2.05, 4.69) is 20.2 Å². The van der Waals surface area contributed by atoms with E-state index >= 15 is 0 Å². The van der Waals surface area contributed by atoms with Crippen LogP contribution in [0.15, 0.2) is 35.7 Å². The van der Waals surface area contributed by atoms with Gasteiger partial charge in [-0.05, 0) is 19.8 Å². The Labute approximate surface area is 156 Å². The van der Waals surface area contributed by atoms with Crippen molar-refractivity contribution in [3.63, 3.8) is 0 Å². The highest BCUT2D eigenvalue weighted by Crippen LogP contribution is 2.26. The van der Waals surface area contributed by atoms with E-state index in [1.165, 1.54) is 0 Å². The smallest absolute Gasteiger partial charge is 0.228 e. The molecule has 1 aliphatic rings. The summed E-state index contributed by atoms with van der Waals surface area (Å²) in [6, 6.07) is 10.1. The first-order valence-corrected chi connectivity index (χ1v) is 9.73. The van der Waals surface area contributed by atoms with Crippen molar-refractivity contribution in [1.82, 2.24) is 25.1 Å². The normalized spacial score (nSPS) is 17.4. The maximum atomic E-state index is 12.7. The summed E-state index contributed by atoms with van der Waals surface area (Å²) in [6.45, 7) is 3.38. The standard InChI is InChI=1S/C19H21N5OS/c1-13-20-18(23-22-13)15-8-5-9-24(11-15)17(25)10-16-12-26-19(21-16)14-6-3-2-4-7-14/h2-4,6-7,12,15H,5,8-11H2,1H3,(H,20,22,23). The third-order valence-corrected chi connectivity index (χ3v) is 5.60. The summed E-state index contributed by atoms with van der Waals surface area (Å²) in [5, 5.41) is 10.1. The Bertz CT molecular complexity index is 888. The van der Waals surface area contributed by atoms with Crippen molar-refractivity contribution in [3.8, 4) is 10.6 Å². The fourth-order valence-electron chi connectivity index (χ4n) is 3.33. The van der Waals surface area contributed by atoms with Crippen molar-refractivity contribution in [2.45, 2.75) is 32.1 Å². The number of carbonyl (C=O) groups excluding carboxylic acids is 1. The molecule has 1 amide bonds. The maximum absolute atomic E-state index is 12.7. The van der Waals surface area contributed by atoms with E-state index in [1.807, 2.05) is 47.5 Å². The van der Waals surface area contributed by atoms with Crippen molar-refractivity contribution in [2.24, 2.45) is 0 Å².